The molecule has 2 amide bonds. The zero-order chi connectivity index (χ0) is 20.1. The molecular weight excluding hydrogens is 360 g/mol. The monoisotopic (exact) mass is 384 g/mol. The standard InChI is InChI=1S/C21H24N2O5/c1-4-28-16-7-5-15(6-8-16)23-13-14(11-20(23)24)21(25)22-18-12-17(26-2)9-10-19(18)27-3/h5-10,12,14H,4,11,13H2,1-3H3,(H,22,25)/t14-/m0/s1. The Bertz CT molecular complexity index is 850. The first-order valence-electron chi connectivity index (χ1n) is 9.11. The summed E-state index contributed by atoms with van der Waals surface area (Å²) in [5.74, 6) is 1.12. The summed E-state index contributed by atoms with van der Waals surface area (Å²) in [7, 11) is 3.09. The van der Waals surface area contributed by atoms with Crippen LogP contribution in [0.1, 0.15) is 13.3 Å². The van der Waals surface area contributed by atoms with Crippen LogP contribution in [0.25, 0.3) is 0 Å². The zero-order valence-corrected chi connectivity index (χ0v) is 16.2. The minimum absolute atomic E-state index is 0.0816. The van der Waals surface area contributed by atoms with Gasteiger partial charge < -0.3 is 24.4 Å². The van der Waals surface area contributed by atoms with Crippen LogP contribution in [0.5, 0.6) is 17.2 Å². The maximum Gasteiger partial charge on any atom is 0.229 e. The lowest BCUT2D eigenvalue weighted by molar-refractivity contribution is -0.122. The average molecular weight is 384 g/mol. The van der Waals surface area contributed by atoms with Crippen LogP contribution >= 0.6 is 0 Å². The fraction of sp³-hybridized carbons (Fsp3) is 0.333. The molecule has 0 spiro atoms. The van der Waals surface area contributed by atoms with Gasteiger partial charge in [-0.3, -0.25) is 9.59 Å². The highest BCUT2D eigenvalue weighted by Gasteiger charge is 2.35. The highest BCUT2D eigenvalue weighted by Crippen LogP contribution is 2.31. The third-order valence-corrected chi connectivity index (χ3v) is 4.62. The summed E-state index contributed by atoms with van der Waals surface area (Å²) in [5.41, 5.74) is 1.27. The van der Waals surface area contributed by atoms with Crippen LogP contribution in [-0.2, 0) is 9.59 Å². The number of hydrogen-bond donors (Lipinski definition) is 1. The van der Waals surface area contributed by atoms with E-state index in [2.05, 4.69) is 5.32 Å². The van der Waals surface area contributed by atoms with Gasteiger partial charge in [-0.05, 0) is 43.3 Å². The molecule has 1 saturated heterocycles. The SMILES string of the molecule is CCOc1ccc(N2C[C@@H](C(=O)Nc3cc(OC)ccc3OC)CC2=O)cc1. The van der Waals surface area contributed by atoms with Gasteiger partial charge in [-0.2, -0.15) is 0 Å². The molecule has 1 fully saturated rings. The highest BCUT2D eigenvalue weighted by molar-refractivity contribution is 6.04. The fourth-order valence-corrected chi connectivity index (χ4v) is 3.17. The summed E-state index contributed by atoms with van der Waals surface area (Å²) < 4.78 is 15.9. The number of carbonyl (C=O) groups excluding carboxylic acids is 2. The van der Waals surface area contributed by atoms with Crippen molar-refractivity contribution in [2.24, 2.45) is 5.92 Å². The smallest absolute Gasteiger partial charge is 0.229 e. The number of amides is 2. The number of carbonyl (C=O) groups is 2. The van der Waals surface area contributed by atoms with Crippen LogP contribution in [0.15, 0.2) is 42.5 Å². The second kappa shape index (κ2) is 8.65. The van der Waals surface area contributed by atoms with Gasteiger partial charge >= 0.3 is 0 Å². The predicted octanol–water partition coefficient (Wildman–Crippen LogP) is 3.09. The number of methoxy groups -OCH3 is 2. The lowest BCUT2D eigenvalue weighted by atomic mass is 10.1. The van der Waals surface area contributed by atoms with Gasteiger partial charge in [0.05, 0.1) is 32.4 Å². The molecule has 1 heterocycles. The fourth-order valence-electron chi connectivity index (χ4n) is 3.17. The number of nitrogens with zero attached hydrogens (tertiary/aromatic N) is 1. The van der Waals surface area contributed by atoms with Crippen molar-refractivity contribution in [2.75, 3.05) is 37.6 Å². The van der Waals surface area contributed by atoms with E-state index in [0.717, 1.165) is 11.4 Å². The second-order valence-corrected chi connectivity index (χ2v) is 6.39. The Kier molecular flexibility index (Phi) is 6.03. The van der Waals surface area contributed by atoms with E-state index in [1.54, 1.807) is 30.2 Å². The molecule has 148 valence electrons. The normalized spacial score (nSPS) is 16.0. The molecule has 0 unspecified atom stereocenters. The molecule has 3 rings (SSSR count). The van der Waals surface area contributed by atoms with Crippen LogP contribution < -0.4 is 24.4 Å². The molecule has 0 aliphatic carbocycles. The number of anilines is 2. The van der Waals surface area contributed by atoms with Gasteiger partial charge in [-0.15, -0.1) is 0 Å². The number of benzene rings is 2. The molecule has 0 radical (unpaired) electrons. The molecule has 2 aromatic rings. The number of rotatable bonds is 7. The molecule has 7 heteroatoms. The van der Waals surface area contributed by atoms with E-state index in [-0.39, 0.29) is 18.2 Å². The van der Waals surface area contributed by atoms with Crippen molar-refractivity contribution in [2.45, 2.75) is 13.3 Å². The highest BCUT2D eigenvalue weighted by atomic mass is 16.5. The third-order valence-electron chi connectivity index (χ3n) is 4.62. The molecule has 28 heavy (non-hydrogen) atoms. The molecule has 0 bridgehead atoms. The molecule has 1 N–H and O–H groups in total. The van der Waals surface area contributed by atoms with Gasteiger partial charge in [0.1, 0.15) is 17.2 Å². The van der Waals surface area contributed by atoms with Crippen molar-refractivity contribution in [1.82, 2.24) is 0 Å². The summed E-state index contributed by atoms with van der Waals surface area (Å²) in [4.78, 5) is 26.8. The largest absolute Gasteiger partial charge is 0.497 e. The van der Waals surface area contributed by atoms with Crippen molar-refractivity contribution in [1.29, 1.82) is 0 Å². The molecule has 2 aromatic carbocycles. The lowest BCUT2D eigenvalue weighted by Crippen LogP contribution is -2.28. The van der Waals surface area contributed by atoms with E-state index in [1.807, 2.05) is 31.2 Å². The quantitative estimate of drug-likeness (QED) is 0.794. The minimum atomic E-state index is -0.449. The van der Waals surface area contributed by atoms with Crippen LogP contribution in [0.2, 0.25) is 0 Å². The van der Waals surface area contributed by atoms with Gasteiger partial charge in [-0.1, -0.05) is 0 Å². The lowest BCUT2D eigenvalue weighted by Gasteiger charge is -2.18. The van der Waals surface area contributed by atoms with Crippen molar-refractivity contribution in [3.05, 3.63) is 42.5 Å². The second-order valence-electron chi connectivity index (χ2n) is 6.39. The van der Waals surface area contributed by atoms with E-state index < -0.39 is 5.92 Å². The first-order valence-corrected chi connectivity index (χ1v) is 9.11. The predicted molar refractivity (Wildman–Crippen MR) is 106 cm³/mol. The van der Waals surface area contributed by atoms with Gasteiger partial charge in [0, 0.05) is 24.7 Å². The Labute approximate surface area is 164 Å². The zero-order valence-electron chi connectivity index (χ0n) is 16.2. The molecular formula is C21H24N2O5. The van der Waals surface area contributed by atoms with Crippen molar-refractivity contribution in [3.8, 4) is 17.2 Å². The van der Waals surface area contributed by atoms with Gasteiger partial charge in [0.15, 0.2) is 0 Å². The molecule has 0 saturated carbocycles. The van der Waals surface area contributed by atoms with E-state index in [9.17, 15) is 9.59 Å². The molecule has 1 aliphatic heterocycles. The van der Waals surface area contributed by atoms with Crippen LogP contribution in [0.3, 0.4) is 0 Å². The Morgan fingerprint density at radius 3 is 2.46 bits per heavy atom. The summed E-state index contributed by atoms with van der Waals surface area (Å²) >= 11 is 0. The topological polar surface area (TPSA) is 77.1 Å². The van der Waals surface area contributed by atoms with Crippen molar-refractivity contribution in [3.63, 3.8) is 0 Å². The summed E-state index contributed by atoms with van der Waals surface area (Å²) in [5, 5.41) is 2.85. The van der Waals surface area contributed by atoms with E-state index in [0.29, 0.717) is 30.3 Å². The van der Waals surface area contributed by atoms with E-state index in [1.165, 1.54) is 7.11 Å². The summed E-state index contributed by atoms with van der Waals surface area (Å²) in [6.07, 6.45) is 0.158. The van der Waals surface area contributed by atoms with Crippen LogP contribution in [-0.4, -0.2) is 39.2 Å². The number of nitrogens with one attached hydrogen (secondary N) is 1. The van der Waals surface area contributed by atoms with Gasteiger partial charge in [-0.25, -0.2) is 0 Å². The van der Waals surface area contributed by atoms with Crippen LogP contribution in [0.4, 0.5) is 11.4 Å². The molecule has 1 aliphatic rings. The number of hydrogen-bond acceptors (Lipinski definition) is 5. The van der Waals surface area contributed by atoms with E-state index in [4.69, 9.17) is 14.2 Å². The molecule has 1 atom stereocenters. The summed E-state index contributed by atoms with van der Waals surface area (Å²) in [6.45, 7) is 2.82. The van der Waals surface area contributed by atoms with Gasteiger partial charge in [0.25, 0.3) is 0 Å². The maximum atomic E-state index is 12.7. The summed E-state index contributed by atoms with van der Waals surface area (Å²) in [6, 6.07) is 12.5. The Morgan fingerprint density at radius 1 is 1.11 bits per heavy atom. The number of ether oxygens (including phenoxy) is 3. The first-order chi connectivity index (χ1) is 13.5. The maximum absolute atomic E-state index is 12.7. The minimum Gasteiger partial charge on any atom is -0.497 e. The van der Waals surface area contributed by atoms with Crippen LogP contribution in [0, 0.1) is 5.92 Å². The molecule has 0 aromatic heterocycles. The van der Waals surface area contributed by atoms with E-state index >= 15 is 0 Å². The third kappa shape index (κ3) is 4.19. The van der Waals surface area contributed by atoms with Crippen molar-refractivity contribution < 1.29 is 23.8 Å². The molecule has 7 nitrogen and oxygen atoms in total. The Morgan fingerprint density at radius 2 is 1.82 bits per heavy atom. The first kappa shape index (κ1) is 19.5. The van der Waals surface area contributed by atoms with Crippen molar-refractivity contribution >= 4 is 23.2 Å². The van der Waals surface area contributed by atoms with Gasteiger partial charge in [0.2, 0.25) is 11.8 Å². The average Bonchev–Trinajstić information content (AvgIpc) is 3.10. The Hall–Kier alpha value is -3.22. The Balaban J connectivity index is 1.70.